The van der Waals surface area contributed by atoms with Gasteiger partial charge in [0, 0.05) is 32.1 Å². The minimum absolute atomic E-state index is 0.504. The Labute approximate surface area is 113 Å². The van der Waals surface area contributed by atoms with Gasteiger partial charge in [-0.25, -0.2) is 9.97 Å². The number of hydrogen-bond donors (Lipinski definition) is 0. The predicted molar refractivity (Wildman–Crippen MR) is 73.0 cm³/mol. The number of anilines is 1. The first-order chi connectivity index (χ1) is 9.30. The molecule has 0 N–H and O–H groups in total. The van der Waals surface area contributed by atoms with Gasteiger partial charge >= 0.3 is 0 Å². The number of piperazine rings is 1. The fourth-order valence-corrected chi connectivity index (χ4v) is 2.50. The van der Waals surface area contributed by atoms with Crippen LogP contribution < -0.4 is 4.90 Å². The molecule has 2 heterocycles. The zero-order valence-corrected chi connectivity index (χ0v) is 11.3. The summed E-state index contributed by atoms with van der Waals surface area (Å²) in [6.45, 7) is 7.29. The zero-order chi connectivity index (χ0) is 13.2. The van der Waals surface area contributed by atoms with Gasteiger partial charge in [-0.3, -0.25) is 0 Å². The van der Waals surface area contributed by atoms with Gasteiger partial charge in [-0.1, -0.05) is 6.92 Å². The lowest BCUT2D eigenvalue weighted by Gasteiger charge is -2.34. The smallest absolute Gasteiger partial charge is 0.226 e. The quantitative estimate of drug-likeness (QED) is 0.818. The summed E-state index contributed by atoms with van der Waals surface area (Å²) in [6.07, 6.45) is 2.40. The Morgan fingerprint density at radius 2 is 2.00 bits per heavy atom. The Bertz CT molecular complexity index is 495. The summed E-state index contributed by atoms with van der Waals surface area (Å²) in [7, 11) is 0. The summed E-state index contributed by atoms with van der Waals surface area (Å²) in [4.78, 5) is 13.7. The van der Waals surface area contributed by atoms with Gasteiger partial charge in [-0.05, 0) is 25.5 Å². The standard InChI is InChI=1S/C14H19N5/c1-2-18-5-7-19(8-6-18)14-16-12(10-15)9-13(17-14)11-3-4-11/h9,11H,2-8H2,1H3. The monoisotopic (exact) mass is 257 g/mol. The van der Waals surface area contributed by atoms with Crippen LogP contribution in [0.15, 0.2) is 6.07 Å². The fraction of sp³-hybridized carbons (Fsp3) is 0.643. The molecule has 3 rings (SSSR count). The van der Waals surface area contributed by atoms with Crippen LogP contribution in [0.4, 0.5) is 5.95 Å². The predicted octanol–water partition coefficient (Wildman–Crippen LogP) is 1.37. The van der Waals surface area contributed by atoms with E-state index >= 15 is 0 Å². The molecule has 0 radical (unpaired) electrons. The Morgan fingerprint density at radius 3 is 2.58 bits per heavy atom. The van der Waals surface area contributed by atoms with Gasteiger partial charge in [-0.15, -0.1) is 0 Å². The molecule has 1 saturated carbocycles. The third-order valence-electron chi connectivity index (χ3n) is 3.95. The molecule has 0 bridgehead atoms. The Hall–Kier alpha value is -1.67. The number of rotatable bonds is 3. The summed E-state index contributed by atoms with van der Waals surface area (Å²) in [5, 5.41) is 9.10. The van der Waals surface area contributed by atoms with Crippen molar-refractivity contribution in [2.24, 2.45) is 0 Å². The molecule has 1 saturated heterocycles. The van der Waals surface area contributed by atoms with E-state index in [2.05, 4.69) is 32.8 Å². The van der Waals surface area contributed by atoms with Crippen LogP contribution >= 0.6 is 0 Å². The van der Waals surface area contributed by atoms with Crippen LogP contribution in [0.1, 0.15) is 37.1 Å². The van der Waals surface area contributed by atoms with Crippen LogP contribution in [-0.4, -0.2) is 47.6 Å². The van der Waals surface area contributed by atoms with E-state index in [1.807, 2.05) is 6.07 Å². The normalized spacial score (nSPS) is 20.3. The maximum absolute atomic E-state index is 9.10. The first-order valence-electron chi connectivity index (χ1n) is 7.06. The molecule has 100 valence electrons. The SMILES string of the molecule is CCN1CCN(c2nc(C#N)cc(C3CC3)n2)CC1. The summed E-state index contributed by atoms with van der Waals surface area (Å²) < 4.78 is 0. The molecule has 2 aliphatic rings. The van der Waals surface area contributed by atoms with Gasteiger partial charge in [0.15, 0.2) is 0 Å². The number of hydrogen-bond acceptors (Lipinski definition) is 5. The number of aromatic nitrogens is 2. The number of nitriles is 1. The van der Waals surface area contributed by atoms with Gasteiger partial charge in [0.2, 0.25) is 5.95 Å². The van der Waals surface area contributed by atoms with Crippen molar-refractivity contribution in [1.29, 1.82) is 5.26 Å². The van der Waals surface area contributed by atoms with Gasteiger partial charge in [0.1, 0.15) is 11.8 Å². The average Bonchev–Trinajstić information content (AvgIpc) is 3.31. The van der Waals surface area contributed by atoms with Crippen molar-refractivity contribution >= 4 is 5.95 Å². The van der Waals surface area contributed by atoms with E-state index in [1.54, 1.807) is 0 Å². The van der Waals surface area contributed by atoms with E-state index in [0.29, 0.717) is 11.6 Å². The van der Waals surface area contributed by atoms with Crippen LogP contribution in [0.25, 0.3) is 0 Å². The lowest BCUT2D eigenvalue weighted by molar-refractivity contribution is 0.270. The highest BCUT2D eigenvalue weighted by Crippen LogP contribution is 2.39. The van der Waals surface area contributed by atoms with Crippen molar-refractivity contribution in [3.05, 3.63) is 17.5 Å². The molecule has 0 aromatic carbocycles. The lowest BCUT2D eigenvalue weighted by atomic mass is 10.2. The van der Waals surface area contributed by atoms with Gasteiger partial charge in [-0.2, -0.15) is 5.26 Å². The fourth-order valence-electron chi connectivity index (χ4n) is 2.50. The highest BCUT2D eigenvalue weighted by Gasteiger charge is 2.27. The molecule has 0 spiro atoms. The highest BCUT2D eigenvalue weighted by molar-refractivity contribution is 5.38. The Morgan fingerprint density at radius 1 is 1.26 bits per heavy atom. The molecule has 5 nitrogen and oxygen atoms in total. The Balaban J connectivity index is 1.80. The zero-order valence-electron chi connectivity index (χ0n) is 11.3. The second-order valence-corrected chi connectivity index (χ2v) is 5.29. The first-order valence-corrected chi connectivity index (χ1v) is 7.06. The summed E-state index contributed by atoms with van der Waals surface area (Å²) in [6, 6.07) is 4.01. The summed E-state index contributed by atoms with van der Waals surface area (Å²) in [5.74, 6) is 1.31. The van der Waals surface area contributed by atoms with Gasteiger partial charge in [0.25, 0.3) is 0 Å². The van der Waals surface area contributed by atoms with Gasteiger partial charge < -0.3 is 9.80 Å². The largest absolute Gasteiger partial charge is 0.338 e. The molecular formula is C14H19N5. The van der Waals surface area contributed by atoms with E-state index in [1.165, 1.54) is 12.8 Å². The molecule has 0 unspecified atom stereocenters. The maximum atomic E-state index is 9.10. The highest BCUT2D eigenvalue weighted by atomic mass is 15.3. The molecule has 0 atom stereocenters. The molecular weight excluding hydrogens is 238 g/mol. The molecule has 19 heavy (non-hydrogen) atoms. The van der Waals surface area contributed by atoms with Crippen molar-refractivity contribution < 1.29 is 0 Å². The van der Waals surface area contributed by atoms with E-state index in [-0.39, 0.29) is 0 Å². The molecule has 1 aliphatic heterocycles. The van der Waals surface area contributed by atoms with Crippen molar-refractivity contribution in [3.8, 4) is 6.07 Å². The first kappa shape index (κ1) is 12.4. The van der Waals surface area contributed by atoms with Crippen LogP contribution in [-0.2, 0) is 0 Å². The van der Waals surface area contributed by atoms with E-state index < -0.39 is 0 Å². The second kappa shape index (κ2) is 5.14. The van der Waals surface area contributed by atoms with Crippen molar-refractivity contribution in [1.82, 2.24) is 14.9 Å². The number of nitrogens with zero attached hydrogens (tertiary/aromatic N) is 5. The van der Waals surface area contributed by atoms with Crippen molar-refractivity contribution in [2.45, 2.75) is 25.7 Å². The molecule has 2 fully saturated rings. The maximum Gasteiger partial charge on any atom is 0.226 e. The van der Waals surface area contributed by atoms with E-state index in [9.17, 15) is 0 Å². The Kier molecular flexibility index (Phi) is 3.34. The topological polar surface area (TPSA) is 56.0 Å². The van der Waals surface area contributed by atoms with Crippen molar-refractivity contribution in [2.75, 3.05) is 37.6 Å². The van der Waals surface area contributed by atoms with Crippen LogP contribution in [0.5, 0.6) is 0 Å². The molecule has 1 aliphatic carbocycles. The average molecular weight is 257 g/mol. The van der Waals surface area contributed by atoms with Crippen LogP contribution in [0, 0.1) is 11.3 Å². The lowest BCUT2D eigenvalue weighted by Crippen LogP contribution is -2.46. The molecule has 0 amide bonds. The summed E-state index contributed by atoms with van der Waals surface area (Å²) >= 11 is 0. The molecule has 1 aromatic heterocycles. The van der Waals surface area contributed by atoms with E-state index in [4.69, 9.17) is 5.26 Å². The van der Waals surface area contributed by atoms with Gasteiger partial charge in [0.05, 0.1) is 5.69 Å². The van der Waals surface area contributed by atoms with Crippen LogP contribution in [0.3, 0.4) is 0 Å². The molecule has 1 aromatic rings. The number of likely N-dealkylation sites (N-methyl/N-ethyl adjacent to an activating group) is 1. The second-order valence-electron chi connectivity index (χ2n) is 5.29. The minimum atomic E-state index is 0.504. The third kappa shape index (κ3) is 2.69. The van der Waals surface area contributed by atoms with Crippen molar-refractivity contribution in [3.63, 3.8) is 0 Å². The molecule has 5 heteroatoms. The minimum Gasteiger partial charge on any atom is -0.338 e. The van der Waals surface area contributed by atoms with Crippen LogP contribution in [0.2, 0.25) is 0 Å². The van der Waals surface area contributed by atoms with E-state index in [0.717, 1.165) is 44.4 Å². The third-order valence-corrected chi connectivity index (χ3v) is 3.95. The summed E-state index contributed by atoms with van der Waals surface area (Å²) in [5.41, 5.74) is 1.56.